The molecule has 6 nitrogen and oxygen atoms in total. The van der Waals surface area contributed by atoms with Crippen molar-refractivity contribution in [2.45, 2.75) is 52.5 Å². The van der Waals surface area contributed by atoms with Crippen molar-refractivity contribution in [2.24, 2.45) is 11.8 Å². The summed E-state index contributed by atoms with van der Waals surface area (Å²) in [4.78, 5) is 32.2. The van der Waals surface area contributed by atoms with Crippen molar-refractivity contribution in [2.75, 3.05) is 46.4 Å². The monoisotopic (exact) mass is 429 g/mol. The molecule has 2 amide bonds. The van der Waals surface area contributed by atoms with Crippen LogP contribution >= 0.6 is 0 Å². The Bertz CT molecular complexity index is 726. The van der Waals surface area contributed by atoms with Crippen LogP contribution in [0.1, 0.15) is 45.6 Å². The number of carbonyl (C=O) groups excluding carboxylic acids is 2. The van der Waals surface area contributed by atoms with Gasteiger partial charge in [-0.1, -0.05) is 26.0 Å². The van der Waals surface area contributed by atoms with Gasteiger partial charge in [0.2, 0.25) is 11.8 Å². The molecular weight excluding hydrogens is 390 g/mol. The van der Waals surface area contributed by atoms with E-state index in [1.807, 2.05) is 36.1 Å². The maximum Gasteiger partial charge on any atom is 0.239 e. The fourth-order valence-electron chi connectivity index (χ4n) is 5.04. The van der Waals surface area contributed by atoms with E-state index in [0.717, 1.165) is 56.9 Å². The normalized spacial score (nSPS) is 23.9. The van der Waals surface area contributed by atoms with Crippen LogP contribution in [-0.4, -0.2) is 78.9 Å². The zero-order valence-corrected chi connectivity index (χ0v) is 19.7. The lowest BCUT2D eigenvalue weighted by Gasteiger charge is -2.38. The molecule has 3 unspecified atom stereocenters. The first-order chi connectivity index (χ1) is 14.9. The van der Waals surface area contributed by atoms with Crippen LogP contribution in [0.25, 0.3) is 0 Å². The fourth-order valence-corrected chi connectivity index (χ4v) is 5.04. The molecule has 6 heteroatoms. The molecule has 0 bridgehead atoms. The molecule has 0 aromatic heterocycles. The van der Waals surface area contributed by atoms with Gasteiger partial charge >= 0.3 is 0 Å². The van der Waals surface area contributed by atoms with Gasteiger partial charge in [0.25, 0.3) is 0 Å². The number of piperidine rings is 1. The predicted molar refractivity (Wildman–Crippen MR) is 123 cm³/mol. The summed E-state index contributed by atoms with van der Waals surface area (Å²) in [6, 6.07) is 7.79. The smallest absolute Gasteiger partial charge is 0.239 e. The van der Waals surface area contributed by atoms with Crippen LogP contribution in [-0.2, 0) is 16.0 Å². The number of methoxy groups -OCH3 is 1. The van der Waals surface area contributed by atoms with Gasteiger partial charge in [-0.15, -0.1) is 0 Å². The van der Waals surface area contributed by atoms with E-state index >= 15 is 0 Å². The fraction of sp³-hybridized carbons (Fsp3) is 0.680. The Morgan fingerprint density at radius 3 is 2.32 bits per heavy atom. The van der Waals surface area contributed by atoms with E-state index in [2.05, 4.69) is 23.6 Å². The van der Waals surface area contributed by atoms with E-state index < -0.39 is 0 Å². The molecule has 2 heterocycles. The third-order valence-corrected chi connectivity index (χ3v) is 6.76. The number of amides is 2. The summed E-state index contributed by atoms with van der Waals surface area (Å²) < 4.78 is 5.19. The first kappa shape index (κ1) is 23.6. The Hall–Kier alpha value is -2.08. The van der Waals surface area contributed by atoms with Gasteiger partial charge in [-0.25, -0.2) is 0 Å². The zero-order valence-electron chi connectivity index (χ0n) is 19.7. The molecule has 0 radical (unpaired) electrons. The standard InChI is InChI=1S/C25H39N3O3/c1-19-16-20(2)18-28(17-19)25(30)21(3)26-12-5-13-27(15-14-26)24(29)11-8-22-6-9-23(31-4)10-7-22/h6-7,9-10,19-21H,5,8,11-18H2,1-4H3. The van der Waals surface area contributed by atoms with Crippen molar-refractivity contribution in [3.05, 3.63) is 29.8 Å². The van der Waals surface area contributed by atoms with Crippen LogP contribution < -0.4 is 4.74 Å². The topological polar surface area (TPSA) is 53.1 Å². The van der Waals surface area contributed by atoms with Crippen molar-refractivity contribution < 1.29 is 14.3 Å². The highest BCUT2D eigenvalue weighted by Crippen LogP contribution is 2.22. The Morgan fingerprint density at radius 1 is 1.00 bits per heavy atom. The predicted octanol–water partition coefficient (Wildman–Crippen LogP) is 3.06. The first-order valence-corrected chi connectivity index (χ1v) is 11.8. The minimum atomic E-state index is -0.119. The van der Waals surface area contributed by atoms with Gasteiger partial charge < -0.3 is 14.5 Å². The first-order valence-electron chi connectivity index (χ1n) is 11.8. The second kappa shape index (κ2) is 11.0. The minimum absolute atomic E-state index is 0.119. The average molecular weight is 430 g/mol. The molecule has 1 aromatic carbocycles. The zero-order chi connectivity index (χ0) is 22.4. The second-order valence-electron chi connectivity index (χ2n) is 9.48. The van der Waals surface area contributed by atoms with Gasteiger partial charge in [0.1, 0.15) is 5.75 Å². The molecule has 2 fully saturated rings. The van der Waals surface area contributed by atoms with Crippen LogP contribution in [0.4, 0.5) is 0 Å². The summed E-state index contributed by atoms with van der Waals surface area (Å²) in [6.45, 7) is 11.4. The molecule has 0 aliphatic carbocycles. The van der Waals surface area contributed by atoms with Crippen LogP contribution in [0.2, 0.25) is 0 Å². The van der Waals surface area contributed by atoms with E-state index in [0.29, 0.717) is 24.8 Å². The van der Waals surface area contributed by atoms with Gasteiger partial charge in [0, 0.05) is 45.7 Å². The van der Waals surface area contributed by atoms with Crippen LogP contribution in [0, 0.1) is 11.8 Å². The molecular formula is C25H39N3O3. The summed E-state index contributed by atoms with van der Waals surface area (Å²) >= 11 is 0. The number of benzene rings is 1. The molecule has 1 aromatic rings. The average Bonchev–Trinajstić information content (AvgIpc) is 3.02. The minimum Gasteiger partial charge on any atom is -0.497 e. The summed E-state index contributed by atoms with van der Waals surface area (Å²) in [7, 11) is 1.66. The van der Waals surface area contributed by atoms with Crippen LogP contribution in [0.5, 0.6) is 5.75 Å². The van der Waals surface area contributed by atoms with Gasteiger partial charge in [0.15, 0.2) is 0 Å². The molecule has 2 saturated heterocycles. The van der Waals surface area contributed by atoms with Crippen LogP contribution in [0.3, 0.4) is 0 Å². The van der Waals surface area contributed by atoms with E-state index in [1.165, 1.54) is 6.42 Å². The molecule has 3 atom stereocenters. The van der Waals surface area contributed by atoms with E-state index in [1.54, 1.807) is 7.11 Å². The third kappa shape index (κ3) is 6.45. The number of aryl methyl sites for hydroxylation is 1. The Morgan fingerprint density at radius 2 is 1.68 bits per heavy atom. The number of likely N-dealkylation sites (tertiary alicyclic amines) is 1. The lowest BCUT2D eigenvalue weighted by molar-refractivity contribution is -0.139. The van der Waals surface area contributed by atoms with Crippen molar-refractivity contribution in [3.8, 4) is 5.75 Å². The van der Waals surface area contributed by atoms with E-state index in [-0.39, 0.29) is 17.9 Å². The molecule has 172 valence electrons. The highest BCUT2D eigenvalue weighted by molar-refractivity contribution is 5.81. The molecule has 0 spiro atoms. The summed E-state index contributed by atoms with van der Waals surface area (Å²) in [5.74, 6) is 2.43. The number of ether oxygens (including phenoxy) is 1. The molecule has 0 N–H and O–H groups in total. The second-order valence-corrected chi connectivity index (χ2v) is 9.48. The van der Waals surface area contributed by atoms with Gasteiger partial charge in [-0.2, -0.15) is 0 Å². The van der Waals surface area contributed by atoms with Crippen molar-refractivity contribution in [3.63, 3.8) is 0 Å². The largest absolute Gasteiger partial charge is 0.497 e. The SMILES string of the molecule is COc1ccc(CCC(=O)N2CCCN(C(C)C(=O)N3CC(C)CC(C)C3)CC2)cc1. The molecule has 31 heavy (non-hydrogen) atoms. The lowest BCUT2D eigenvalue weighted by Crippen LogP contribution is -2.52. The maximum absolute atomic E-state index is 13.1. The molecule has 2 aliphatic rings. The Kier molecular flexibility index (Phi) is 8.35. The lowest BCUT2D eigenvalue weighted by atomic mass is 9.91. The maximum atomic E-state index is 13.1. The molecule has 3 rings (SSSR count). The Balaban J connectivity index is 1.48. The van der Waals surface area contributed by atoms with Gasteiger partial charge in [0.05, 0.1) is 13.2 Å². The summed E-state index contributed by atoms with van der Waals surface area (Å²) in [5, 5.41) is 0. The van der Waals surface area contributed by atoms with Crippen LogP contribution in [0.15, 0.2) is 24.3 Å². The van der Waals surface area contributed by atoms with Gasteiger partial charge in [-0.05, 0) is 55.7 Å². The molecule has 0 saturated carbocycles. The number of nitrogens with zero attached hydrogens (tertiary/aromatic N) is 3. The Labute approximate surface area is 187 Å². The number of hydrogen-bond donors (Lipinski definition) is 0. The van der Waals surface area contributed by atoms with Crippen molar-refractivity contribution in [1.29, 1.82) is 0 Å². The summed E-state index contributed by atoms with van der Waals surface area (Å²) in [5.41, 5.74) is 1.15. The highest BCUT2D eigenvalue weighted by atomic mass is 16.5. The highest BCUT2D eigenvalue weighted by Gasteiger charge is 2.32. The van der Waals surface area contributed by atoms with Crippen molar-refractivity contribution >= 4 is 11.8 Å². The van der Waals surface area contributed by atoms with Crippen molar-refractivity contribution in [1.82, 2.24) is 14.7 Å². The quantitative estimate of drug-likeness (QED) is 0.698. The molecule has 2 aliphatic heterocycles. The van der Waals surface area contributed by atoms with Gasteiger partial charge in [-0.3, -0.25) is 14.5 Å². The number of rotatable bonds is 6. The van der Waals surface area contributed by atoms with E-state index in [9.17, 15) is 9.59 Å². The summed E-state index contributed by atoms with van der Waals surface area (Å²) in [6.07, 6.45) is 3.38. The number of hydrogen-bond acceptors (Lipinski definition) is 4. The van der Waals surface area contributed by atoms with E-state index in [4.69, 9.17) is 4.74 Å². The third-order valence-electron chi connectivity index (χ3n) is 6.76. The number of carbonyl (C=O) groups is 2.